The van der Waals surface area contributed by atoms with Gasteiger partial charge >= 0.3 is 0 Å². The van der Waals surface area contributed by atoms with Gasteiger partial charge in [-0.05, 0) is 30.7 Å². The van der Waals surface area contributed by atoms with Gasteiger partial charge in [0, 0.05) is 35.5 Å². The van der Waals surface area contributed by atoms with E-state index < -0.39 is 0 Å². The number of benzene rings is 1. The van der Waals surface area contributed by atoms with Crippen molar-refractivity contribution in [3.05, 3.63) is 52.8 Å². The van der Waals surface area contributed by atoms with E-state index in [0.29, 0.717) is 12.1 Å². The van der Waals surface area contributed by atoms with E-state index in [1.807, 2.05) is 18.3 Å². The Bertz CT molecular complexity index is 628. The molecule has 1 heterocycles. The number of nitrogens with zero attached hydrogens (tertiary/aromatic N) is 2. The smallest absolute Gasteiger partial charge is 0.251 e. The van der Waals surface area contributed by atoms with Crippen LogP contribution in [-0.4, -0.2) is 34.7 Å². The summed E-state index contributed by atoms with van der Waals surface area (Å²) >= 11 is 3.30. The Kier molecular flexibility index (Phi) is 6.14. The molecule has 0 aliphatic carbocycles. The molecule has 1 aromatic carbocycles. The van der Waals surface area contributed by atoms with Gasteiger partial charge < -0.3 is 10.6 Å². The molecule has 0 bridgehead atoms. The van der Waals surface area contributed by atoms with Crippen LogP contribution in [0.2, 0.25) is 0 Å². The van der Waals surface area contributed by atoms with E-state index in [0.717, 1.165) is 17.4 Å². The fourth-order valence-electron chi connectivity index (χ4n) is 1.86. The number of hydrogen-bond donors (Lipinski definition) is 2. The molecular formula is C15H17BrN4O2. The fraction of sp³-hybridized carbons (Fsp3) is 0.267. The first-order valence-corrected chi connectivity index (χ1v) is 7.72. The predicted octanol–water partition coefficient (Wildman–Crippen LogP) is 1.58. The van der Waals surface area contributed by atoms with E-state index in [2.05, 4.69) is 31.7 Å². The number of aromatic nitrogens is 2. The Labute approximate surface area is 137 Å². The van der Waals surface area contributed by atoms with Crippen molar-refractivity contribution in [1.29, 1.82) is 0 Å². The highest BCUT2D eigenvalue weighted by Crippen LogP contribution is 2.11. The molecule has 0 unspecified atom stereocenters. The van der Waals surface area contributed by atoms with E-state index in [-0.39, 0.29) is 18.4 Å². The van der Waals surface area contributed by atoms with Gasteiger partial charge in [0.15, 0.2) is 0 Å². The van der Waals surface area contributed by atoms with Crippen LogP contribution in [0.1, 0.15) is 16.8 Å². The number of halogens is 1. The molecule has 0 aliphatic rings. The molecule has 0 radical (unpaired) electrons. The van der Waals surface area contributed by atoms with Gasteiger partial charge in [-0.25, -0.2) is 0 Å². The summed E-state index contributed by atoms with van der Waals surface area (Å²) in [7, 11) is 0. The molecular weight excluding hydrogens is 348 g/mol. The summed E-state index contributed by atoms with van der Waals surface area (Å²) in [6, 6.07) is 8.87. The molecule has 0 fully saturated rings. The second kappa shape index (κ2) is 8.33. The molecule has 2 N–H and O–H groups in total. The number of rotatable bonds is 7. The number of aryl methyl sites for hydroxylation is 1. The SMILES string of the molecule is O=C(CNC(=O)c1cccc(Br)c1)NCCCn1cccn1. The van der Waals surface area contributed by atoms with Crippen LogP contribution in [0, 0.1) is 0 Å². The fourth-order valence-corrected chi connectivity index (χ4v) is 2.26. The molecule has 0 saturated heterocycles. The maximum Gasteiger partial charge on any atom is 0.251 e. The van der Waals surface area contributed by atoms with Crippen LogP contribution < -0.4 is 10.6 Å². The number of hydrogen-bond acceptors (Lipinski definition) is 3. The van der Waals surface area contributed by atoms with Crippen molar-refractivity contribution < 1.29 is 9.59 Å². The average molecular weight is 365 g/mol. The molecule has 2 aromatic rings. The van der Waals surface area contributed by atoms with Gasteiger partial charge in [-0.2, -0.15) is 5.10 Å². The molecule has 116 valence electrons. The molecule has 0 atom stereocenters. The summed E-state index contributed by atoms with van der Waals surface area (Å²) in [5.41, 5.74) is 0.515. The minimum Gasteiger partial charge on any atom is -0.355 e. The van der Waals surface area contributed by atoms with Crippen molar-refractivity contribution in [2.75, 3.05) is 13.1 Å². The molecule has 2 rings (SSSR count). The van der Waals surface area contributed by atoms with E-state index in [9.17, 15) is 9.59 Å². The quantitative estimate of drug-likeness (QED) is 0.732. The molecule has 1 aromatic heterocycles. The summed E-state index contributed by atoms with van der Waals surface area (Å²) in [6.07, 6.45) is 4.38. The number of amides is 2. The third kappa shape index (κ3) is 5.33. The van der Waals surface area contributed by atoms with Gasteiger partial charge in [0.2, 0.25) is 5.91 Å². The Balaban J connectivity index is 1.64. The van der Waals surface area contributed by atoms with Crippen molar-refractivity contribution in [1.82, 2.24) is 20.4 Å². The summed E-state index contributed by atoms with van der Waals surface area (Å²) in [5, 5.41) is 9.43. The zero-order chi connectivity index (χ0) is 15.8. The topological polar surface area (TPSA) is 76.0 Å². The van der Waals surface area contributed by atoms with Gasteiger partial charge in [0.25, 0.3) is 5.91 Å². The third-order valence-corrected chi connectivity index (χ3v) is 3.43. The van der Waals surface area contributed by atoms with E-state index in [4.69, 9.17) is 0 Å². The highest BCUT2D eigenvalue weighted by atomic mass is 79.9. The zero-order valence-corrected chi connectivity index (χ0v) is 13.5. The average Bonchev–Trinajstić information content (AvgIpc) is 3.02. The van der Waals surface area contributed by atoms with Crippen LogP contribution in [0.4, 0.5) is 0 Å². The van der Waals surface area contributed by atoms with Crippen LogP contribution in [0.3, 0.4) is 0 Å². The summed E-state index contributed by atoms with van der Waals surface area (Å²) in [4.78, 5) is 23.5. The van der Waals surface area contributed by atoms with Crippen molar-refractivity contribution in [3.8, 4) is 0 Å². The van der Waals surface area contributed by atoms with E-state index in [1.54, 1.807) is 29.1 Å². The number of nitrogens with one attached hydrogen (secondary N) is 2. The predicted molar refractivity (Wildman–Crippen MR) is 86.3 cm³/mol. The van der Waals surface area contributed by atoms with Crippen molar-refractivity contribution in [2.24, 2.45) is 0 Å². The maximum absolute atomic E-state index is 11.9. The molecule has 0 aliphatic heterocycles. The second-order valence-electron chi connectivity index (χ2n) is 4.67. The molecule has 2 amide bonds. The van der Waals surface area contributed by atoms with Crippen LogP contribution in [0.5, 0.6) is 0 Å². The summed E-state index contributed by atoms with van der Waals surface area (Å²) in [6.45, 7) is 1.26. The van der Waals surface area contributed by atoms with Gasteiger partial charge in [-0.3, -0.25) is 14.3 Å². The van der Waals surface area contributed by atoms with E-state index >= 15 is 0 Å². The number of carbonyl (C=O) groups is 2. The normalized spacial score (nSPS) is 10.2. The van der Waals surface area contributed by atoms with Gasteiger partial charge in [0.05, 0.1) is 6.54 Å². The van der Waals surface area contributed by atoms with Gasteiger partial charge in [-0.1, -0.05) is 22.0 Å². The zero-order valence-electron chi connectivity index (χ0n) is 12.0. The largest absolute Gasteiger partial charge is 0.355 e. The molecule has 7 heteroatoms. The Morgan fingerprint density at radius 2 is 2.09 bits per heavy atom. The molecule has 22 heavy (non-hydrogen) atoms. The monoisotopic (exact) mass is 364 g/mol. The molecule has 0 saturated carbocycles. The van der Waals surface area contributed by atoms with Crippen LogP contribution in [-0.2, 0) is 11.3 Å². The first-order valence-electron chi connectivity index (χ1n) is 6.93. The van der Waals surface area contributed by atoms with Crippen molar-refractivity contribution in [2.45, 2.75) is 13.0 Å². The summed E-state index contributed by atoms with van der Waals surface area (Å²) < 4.78 is 2.63. The van der Waals surface area contributed by atoms with Crippen LogP contribution in [0.15, 0.2) is 47.2 Å². The van der Waals surface area contributed by atoms with Gasteiger partial charge in [0.1, 0.15) is 0 Å². The third-order valence-electron chi connectivity index (χ3n) is 2.94. The second-order valence-corrected chi connectivity index (χ2v) is 5.58. The highest BCUT2D eigenvalue weighted by Gasteiger charge is 2.07. The Hall–Kier alpha value is -2.15. The Morgan fingerprint density at radius 1 is 1.23 bits per heavy atom. The minimum absolute atomic E-state index is 0.0346. The van der Waals surface area contributed by atoms with Crippen LogP contribution in [0.25, 0.3) is 0 Å². The highest BCUT2D eigenvalue weighted by molar-refractivity contribution is 9.10. The lowest BCUT2D eigenvalue weighted by Gasteiger charge is -2.07. The Morgan fingerprint density at radius 3 is 2.82 bits per heavy atom. The lowest BCUT2D eigenvalue weighted by Crippen LogP contribution is -2.37. The lowest BCUT2D eigenvalue weighted by atomic mass is 10.2. The van der Waals surface area contributed by atoms with Crippen LogP contribution >= 0.6 is 15.9 Å². The minimum atomic E-state index is -0.270. The van der Waals surface area contributed by atoms with Crippen molar-refractivity contribution in [3.63, 3.8) is 0 Å². The standard InChI is InChI=1S/C15H17BrN4O2/c16-13-5-1-4-12(10-13)15(22)18-11-14(21)17-6-2-8-20-9-3-7-19-20/h1,3-5,7,9-10H,2,6,8,11H2,(H,17,21)(H,18,22). The maximum atomic E-state index is 11.9. The van der Waals surface area contributed by atoms with Gasteiger partial charge in [-0.15, -0.1) is 0 Å². The first-order chi connectivity index (χ1) is 10.6. The summed E-state index contributed by atoms with van der Waals surface area (Å²) in [5.74, 6) is -0.475. The van der Waals surface area contributed by atoms with E-state index in [1.165, 1.54) is 0 Å². The van der Waals surface area contributed by atoms with Crippen molar-refractivity contribution >= 4 is 27.7 Å². The lowest BCUT2D eigenvalue weighted by molar-refractivity contribution is -0.120. The number of carbonyl (C=O) groups excluding carboxylic acids is 2. The molecule has 0 spiro atoms. The first kappa shape index (κ1) is 16.2. The molecule has 6 nitrogen and oxygen atoms in total.